The molecule has 0 aliphatic rings. The second-order valence-corrected chi connectivity index (χ2v) is 5.46. The number of hydrogen-bond donors (Lipinski definition) is 1. The molecule has 0 atom stereocenters. The minimum absolute atomic E-state index is 0.0447. The highest BCUT2D eigenvalue weighted by atomic mass is 19.1. The number of aromatic hydroxyl groups is 1. The molecule has 0 aliphatic heterocycles. The first-order valence-corrected chi connectivity index (χ1v) is 7.68. The van der Waals surface area contributed by atoms with Crippen LogP contribution in [-0.4, -0.2) is 5.11 Å². The van der Waals surface area contributed by atoms with Gasteiger partial charge in [0.1, 0.15) is 30.6 Å². The van der Waals surface area contributed by atoms with Crippen LogP contribution in [0.2, 0.25) is 0 Å². The molecular formula is C20H16F2O3. The van der Waals surface area contributed by atoms with Crippen molar-refractivity contribution in [1.29, 1.82) is 0 Å². The standard InChI is InChI=1S/C20H16F2O3/c21-16-5-1-14(2-6-16)12-24-19-10-9-18(23)11-20(19)25-13-15-3-7-17(22)8-4-15/h1-11,23H,12-13H2. The Morgan fingerprint density at radius 2 is 1.12 bits per heavy atom. The second kappa shape index (κ2) is 7.66. The van der Waals surface area contributed by atoms with Crippen molar-refractivity contribution in [3.63, 3.8) is 0 Å². The number of ether oxygens (including phenoxy) is 2. The third kappa shape index (κ3) is 4.70. The number of hydrogen-bond acceptors (Lipinski definition) is 3. The van der Waals surface area contributed by atoms with Crippen LogP contribution in [0.4, 0.5) is 8.78 Å². The molecule has 25 heavy (non-hydrogen) atoms. The Balaban J connectivity index is 1.69. The van der Waals surface area contributed by atoms with Gasteiger partial charge in [0, 0.05) is 6.07 Å². The van der Waals surface area contributed by atoms with E-state index in [-0.39, 0.29) is 30.6 Å². The van der Waals surface area contributed by atoms with E-state index in [9.17, 15) is 13.9 Å². The molecule has 0 unspecified atom stereocenters. The Labute approximate surface area is 144 Å². The van der Waals surface area contributed by atoms with Gasteiger partial charge in [-0.05, 0) is 47.5 Å². The van der Waals surface area contributed by atoms with E-state index in [0.717, 1.165) is 11.1 Å². The van der Waals surface area contributed by atoms with E-state index < -0.39 is 0 Å². The van der Waals surface area contributed by atoms with Crippen LogP contribution in [-0.2, 0) is 13.2 Å². The zero-order valence-corrected chi connectivity index (χ0v) is 13.3. The summed E-state index contributed by atoms with van der Waals surface area (Å²) in [4.78, 5) is 0. The first kappa shape index (κ1) is 16.8. The van der Waals surface area contributed by atoms with Gasteiger partial charge in [0.25, 0.3) is 0 Å². The molecule has 128 valence electrons. The van der Waals surface area contributed by atoms with Crippen LogP contribution in [0.25, 0.3) is 0 Å². The summed E-state index contributed by atoms with van der Waals surface area (Å²) in [5, 5.41) is 9.66. The van der Waals surface area contributed by atoms with Gasteiger partial charge in [0.05, 0.1) is 0 Å². The summed E-state index contributed by atoms with van der Waals surface area (Å²) in [7, 11) is 0. The van der Waals surface area contributed by atoms with Gasteiger partial charge < -0.3 is 14.6 Å². The molecular weight excluding hydrogens is 326 g/mol. The van der Waals surface area contributed by atoms with Gasteiger partial charge >= 0.3 is 0 Å². The van der Waals surface area contributed by atoms with Gasteiger partial charge in [0.2, 0.25) is 0 Å². The summed E-state index contributed by atoms with van der Waals surface area (Å²) in [6.45, 7) is 0.439. The minimum atomic E-state index is -0.315. The number of phenols is 1. The Hall–Kier alpha value is -3.08. The smallest absolute Gasteiger partial charge is 0.165 e. The molecule has 0 heterocycles. The highest BCUT2D eigenvalue weighted by Gasteiger charge is 2.08. The number of benzene rings is 3. The average Bonchev–Trinajstić information content (AvgIpc) is 2.62. The van der Waals surface area contributed by atoms with Crippen LogP contribution in [0.15, 0.2) is 66.7 Å². The van der Waals surface area contributed by atoms with E-state index >= 15 is 0 Å². The molecule has 0 aliphatic carbocycles. The van der Waals surface area contributed by atoms with Crippen molar-refractivity contribution in [1.82, 2.24) is 0 Å². The van der Waals surface area contributed by atoms with Gasteiger partial charge in [-0.3, -0.25) is 0 Å². The number of phenolic OH excluding ortho intramolecular Hbond substituents is 1. The van der Waals surface area contributed by atoms with Gasteiger partial charge in [-0.15, -0.1) is 0 Å². The Bertz CT molecular complexity index is 831. The first-order valence-electron chi connectivity index (χ1n) is 7.68. The molecule has 3 rings (SSSR count). The highest BCUT2D eigenvalue weighted by molar-refractivity contribution is 5.45. The van der Waals surface area contributed by atoms with E-state index in [2.05, 4.69) is 0 Å². The van der Waals surface area contributed by atoms with E-state index in [4.69, 9.17) is 9.47 Å². The monoisotopic (exact) mass is 342 g/mol. The maximum absolute atomic E-state index is 12.9. The van der Waals surface area contributed by atoms with Crippen molar-refractivity contribution in [3.8, 4) is 17.2 Å². The Morgan fingerprint density at radius 1 is 0.640 bits per heavy atom. The lowest BCUT2D eigenvalue weighted by Crippen LogP contribution is -2.00. The molecule has 0 spiro atoms. The second-order valence-electron chi connectivity index (χ2n) is 5.46. The predicted octanol–water partition coefficient (Wildman–Crippen LogP) is 4.83. The van der Waals surface area contributed by atoms with Gasteiger partial charge in [-0.1, -0.05) is 24.3 Å². The van der Waals surface area contributed by atoms with Crippen molar-refractivity contribution in [3.05, 3.63) is 89.5 Å². The van der Waals surface area contributed by atoms with Crippen molar-refractivity contribution in [2.75, 3.05) is 0 Å². The van der Waals surface area contributed by atoms with Crippen LogP contribution in [0, 0.1) is 11.6 Å². The molecule has 3 aromatic carbocycles. The molecule has 3 aromatic rings. The molecule has 0 radical (unpaired) electrons. The molecule has 1 N–H and O–H groups in total. The first-order chi connectivity index (χ1) is 12.1. The summed E-state index contributed by atoms with van der Waals surface area (Å²) in [5.74, 6) is 0.236. The maximum atomic E-state index is 12.9. The highest BCUT2D eigenvalue weighted by Crippen LogP contribution is 2.32. The molecule has 3 nitrogen and oxygen atoms in total. The number of halogens is 2. The van der Waals surface area contributed by atoms with Crippen molar-refractivity contribution in [2.45, 2.75) is 13.2 Å². The predicted molar refractivity (Wildman–Crippen MR) is 89.6 cm³/mol. The quantitative estimate of drug-likeness (QED) is 0.697. The van der Waals surface area contributed by atoms with Crippen LogP contribution >= 0.6 is 0 Å². The SMILES string of the molecule is Oc1ccc(OCc2ccc(F)cc2)c(OCc2ccc(F)cc2)c1. The Morgan fingerprint density at radius 3 is 1.64 bits per heavy atom. The fraction of sp³-hybridized carbons (Fsp3) is 0.100. The van der Waals surface area contributed by atoms with E-state index in [0.29, 0.717) is 11.5 Å². The number of rotatable bonds is 6. The lowest BCUT2D eigenvalue weighted by atomic mass is 10.2. The van der Waals surface area contributed by atoms with Crippen LogP contribution in [0.3, 0.4) is 0 Å². The van der Waals surface area contributed by atoms with Crippen molar-refractivity contribution < 1.29 is 23.4 Å². The van der Waals surface area contributed by atoms with E-state index in [1.807, 2.05) is 0 Å². The van der Waals surface area contributed by atoms with Crippen LogP contribution in [0.1, 0.15) is 11.1 Å². The molecule has 0 saturated heterocycles. The lowest BCUT2D eigenvalue weighted by molar-refractivity contribution is 0.254. The summed E-state index contributed by atoms with van der Waals surface area (Å²) in [6, 6.07) is 16.5. The molecule has 0 saturated carbocycles. The minimum Gasteiger partial charge on any atom is -0.508 e. The largest absolute Gasteiger partial charge is 0.508 e. The zero-order valence-electron chi connectivity index (χ0n) is 13.3. The fourth-order valence-electron chi connectivity index (χ4n) is 2.21. The third-order valence-corrected chi connectivity index (χ3v) is 3.54. The maximum Gasteiger partial charge on any atom is 0.165 e. The van der Waals surface area contributed by atoms with Crippen LogP contribution in [0.5, 0.6) is 17.2 Å². The zero-order chi connectivity index (χ0) is 17.6. The van der Waals surface area contributed by atoms with E-state index in [1.165, 1.54) is 36.4 Å². The van der Waals surface area contributed by atoms with Gasteiger partial charge in [-0.2, -0.15) is 0 Å². The van der Waals surface area contributed by atoms with E-state index in [1.54, 1.807) is 30.3 Å². The molecule has 0 aromatic heterocycles. The average molecular weight is 342 g/mol. The van der Waals surface area contributed by atoms with Gasteiger partial charge in [-0.25, -0.2) is 8.78 Å². The molecule has 0 bridgehead atoms. The summed E-state index contributed by atoms with van der Waals surface area (Å²) >= 11 is 0. The molecule has 5 heteroatoms. The summed E-state index contributed by atoms with van der Waals surface area (Å²) < 4.78 is 37.3. The summed E-state index contributed by atoms with van der Waals surface area (Å²) in [6.07, 6.45) is 0. The molecule has 0 fully saturated rings. The van der Waals surface area contributed by atoms with Crippen molar-refractivity contribution in [2.24, 2.45) is 0 Å². The third-order valence-electron chi connectivity index (χ3n) is 3.54. The lowest BCUT2D eigenvalue weighted by Gasteiger charge is -2.13. The van der Waals surface area contributed by atoms with Crippen molar-refractivity contribution >= 4 is 0 Å². The van der Waals surface area contributed by atoms with Crippen LogP contribution < -0.4 is 9.47 Å². The summed E-state index contributed by atoms with van der Waals surface area (Å²) in [5.41, 5.74) is 1.59. The topological polar surface area (TPSA) is 38.7 Å². The normalized spacial score (nSPS) is 10.5. The Kier molecular flexibility index (Phi) is 5.14. The van der Waals surface area contributed by atoms with Gasteiger partial charge in [0.15, 0.2) is 11.5 Å². The molecule has 0 amide bonds. The fourth-order valence-corrected chi connectivity index (χ4v) is 2.21.